The average Bonchev–Trinajstić information content (AvgIpc) is 1.95. The summed E-state index contributed by atoms with van der Waals surface area (Å²) >= 11 is 0. The zero-order valence-electron chi connectivity index (χ0n) is 8.91. The molecule has 5 heteroatoms. The Labute approximate surface area is 83.8 Å². The predicted octanol–water partition coefficient (Wildman–Crippen LogP) is -0.0731. The van der Waals surface area contributed by atoms with Gasteiger partial charge in [0.2, 0.25) is 0 Å². The summed E-state index contributed by atoms with van der Waals surface area (Å²) in [5.41, 5.74) is 4.58. The van der Waals surface area contributed by atoms with E-state index < -0.39 is 11.1 Å². The average molecular weight is 202 g/mol. The van der Waals surface area contributed by atoms with Gasteiger partial charge in [-0.3, -0.25) is 0 Å². The molecule has 5 nitrogen and oxygen atoms in total. The normalized spacial score (nSPS) is 20.2. The fourth-order valence-corrected chi connectivity index (χ4v) is 1.27. The minimum absolute atomic E-state index is 0.105. The van der Waals surface area contributed by atoms with E-state index in [0.29, 0.717) is 13.1 Å². The van der Waals surface area contributed by atoms with Gasteiger partial charge in [0.05, 0.1) is 12.1 Å². The smallest absolute Gasteiger partial charge is 0.410 e. The van der Waals surface area contributed by atoms with Gasteiger partial charge in [-0.25, -0.2) is 4.79 Å². The second kappa shape index (κ2) is 3.40. The summed E-state index contributed by atoms with van der Waals surface area (Å²) < 4.78 is 5.13. The first-order chi connectivity index (χ1) is 6.26. The lowest BCUT2D eigenvalue weighted by Crippen LogP contribution is -2.70. The highest BCUT2D eigenvalue weighted by atomic mass is 16.6. The first kappa shape index (κ1) is 11.3. The summed E-state index contributed by atoms with van der Waals surface area (Å²) in [6, 6.07) is 0. The van der Waals surface area contributed by atoms with Crippen molar-refractivity contribution in [1.82, 2.24) is 4.90 Å². The van der Waals surface area contributed by atoms with Gasteiger partial charge in [0.15, 0.2) is 0 Å². The molecule has 0 aliphatic carbocycles. The zero-order valence-corrected chi connectivity index (χ0v) is 8.91. The summed E-state index contributed by atoms with van der Waals surface area (Å²) in [6.07, 6.45) is -0.368. The van der Waals surface area contributed by atoms with Crippen molar-refractivity contribution in [2.75, 3.05) is 19.7 Å². The molecule has 82 valence electrons. The molecule has 14 heavy (non-hydrogen) atoms. The van der Waals surface area contributed by atoms with Gasteiger partial charge in [-0.2, -0.15) is 0 Å². The second-order valence-corrected chi connectivity index (χ2v) is 4.86. The minimum atomic E-state index is -0.628. The summed E-state index contributed by atoms with van der Waals surface area (Å²) in [5, 5.41) is 8.87. The van der Waals surface area contributed by atoms with Gasteiger partial charge >= 0.3 is 6.09 Å². The highest BCUT2D eigenvalue weighted by molar-refractivity contribution is 5.69. The van der Waals surface area contributed by atoms with Crippen LogP contribution in [0.3, 0.4) is 0 Å². The Hall–Kier alpha value is -0.810. The highest BCUT2D eigenvalue weighted by Crippen LogP contribution is 2.20. The topological polar surface area (TPSA) is 75.8 Å². The Bertz CT molecular complexity index is 229. The standard InChI is InChI=1S/C9H18N2O3/c1-8(2,3)14-7(13)11-4-9(10,5-11)6-12/h12H,4-6,10H2,1-3H3. The maximum Gasteiger partial charge on any atom is 0.410 e. The molecule has 0 radical (unpaired) electrons. The van der Waals surface area contributed by atoms with E-state index in [1.807, 2.05) is 20.8 Å². The number of hydrogen-bond acceptors (Lipinski definition) is 4. The fraction of sp³-hybridized carbons (Fsp3) is 0.889. The van der Waals surface area contributed by atoms with Crippen LogP contribution in [-0.2, 0) is 4.74 Å². The van der Waals surface area contributed by atoms with Crippen molar-refractivity contribution in [2.45, 2.75) is 31.9 Å². The molecular weight excluding hydrogens is 184 g/mol. The molecule has 1 rings (SSSR count). The van der Waals surface area contributed by atoms with Gasteiger partial charge in [-0.15, -0.1) is 0 Å². The number of aliphatic hydroxyl groups is 1. The molecule has 0 aromatic heterocycles. The van der Waals surface area contributed by atoms with E-state index in [-0.39, 0.29) is 12.7 Å². The van der Waals surface area contributed by atoms with E-state index in [4.69, 9.17) is 15.6 Å². The van der Waals surface area contributed by atoms with E-state index >= 15 is 0 Å². The molecule has 1 fully saturated rings. The van der Waals surface area contributed by atoms with Crippen molar-refractivity contribution in [2.24, 2.45) is 5.73 Å². The van der Waals surface area contributed by atoms with Gasteiger partial charge in [0, 0.05) is 13.1 Å². The summed E-state index contributed by atoms with van der Waals surface area (Å²) in [4.78, 5) is 12.9. The number of hydrogen-bond donors (Lipinski definition) is 2. The van der Waals surface area contributed by atoms with Gasteiger partial charge in [0.1, 0.15) is 5.60 Å². The Morgan fingerprint density at radius 3 is 2.43 bits per heavy atom. The lowest BCUT2D eigenvalue weighted by atomic mass is 9.93. The van der Waals surface area contributed by atoms with Crippen LogP contribution in [0.25, 0.3) is 0 Å². The van der Waals surface area contributed by atoms with Crippen molar-refractivity contribution < 1.29 is 14.6 Å². The van der Waals surface area contributed by atoms with Crippen molar-refractivity contribution >= 4 is 6.09 Å². The van der Waals surface area contributed by atoms with Gasteiger partial charge < -0.3 is 20.5 Å². The second-order valence-electron chi connectivity index (χ2n) is 4.86. The number of carbonyl (C=O) groups is 1. The number of ether oxygens (including phenoxy) is 1. The molecule has 0 atom stereocenters. The van der Waals surface area contributed by atoms with Crippen molar-refractivity contribution in [3.05, 3.63) is 0 Å². The first-order valence-electron chi connectivity index (χ1n) is 4.63. The number of likely N-dealkylation sites (tertiary alicyclic amines) is 1. The van der Waals surface area contributed by atoms with Crippen LogP contribution in [0.15, 0.2) is 0 Å². The number of rotatable bonds is 1. The summed E-state index contributed by atoms with van der Waals surface area (Å²) in [7, 11) is 0. The Kier molecular flexibility index (Phi) is 2.74. The number of carbonyl (C=O) groups excluding carboxylic acids is 1. The van der Waals surface area contributed by atoms with Crippen LogP contribution in [0.2, 0.25) is 0 Å². The highest BCUT2D eigenvalue weighted by Gasteiger charge is 2.43. The van der Waals surface area contributed by atoms with E-state index in [9.17, 15) is 4.79 Å². The molecule has 1 heterocycles. The molecule has 1 aliphatic heterocycles. The number of amides is 1. The van der Waals surface area contributed by atoms with Crippen LogP contribution in [0, 0.1) is 0 Å². The number of nitrogens with zero attached hydrogens (tertiary/aromatic N) is 1. The quantitative estimate of drug-likeness (QED) is 0.624. The SMILES string of the molecule is CC(C)(C)OC(=O)N1CC(N)(CO)C1. The molecule has 0 spiro atoms. The van der Waals surface area contributed by atoms with E-state index in [2.05, 4.69) is 0 Å². The zero-order chi connectivity index (χ0) is 11.0. The molecule has 1 aliphatic rings. The predicted molar refractivity (Wildman–Crippen MR) is 51.8 cm³/mol. The molecule has 1 amide bonds. The van der Waals surface area contributed by atoms with Crippen molar-refractivity contribution in [1.29, 1.82) is 0 Å². The monoisotopic (exact) mass is 202 g/mol. The largest absolute Gasteiger partial charge is 0.444 e. The number of aliphatic hydroxyl groups excluding tert-OH is 1. The van der Waals surface area contributed by atoms with Gasteiger partial charge in [0.25, 0.3) is 0 Å². The molecule has 0 saturated carbocycles. The van der Waals surface area contributed by atoms with Crippen molar-refractivity contribution in [3.8, 4) is 0 Å². The Balaban J connectivity index is 2.37. The van der Waals surface area contributed by atoms with E-state index in [0.717, 1.165) is 0 Å². The van der Waals surface area contributed by atoms with E-state index in [1.54, 1.807) is 0 Å². The fourth-order valence-electron chi connectivity index (χ4n) is 1.27. The van der Waals surface area contributed by atoms with Gasteiger partial charge in [-0.05, 0) is 20.8 Å². The van der Waals surface area contributed by atoms with Crippen LogP contribution < -0.4 is 5.73 Å². The first-order valence-corrected chi connectivity index (χ1v) is 4.63. The van der Waals surface area contributed by atoms with Crippen LogP contribution >= 0.6 is 0 Å². The van der Waals surface area contributed by atoms with Crippen LogP contribution in [0.4, 0.5) is 4.79 Å². The van der Waals surface area contributed by atoms with Crippen LogP contribution in [-0.4, -0.2) is 46.9 Å². The molecule has 0 aromatic rings. The molecule has 1 saturated heterocycles. The molecule has 3 N–H and O–H groups in total. The van der Waals surface area contributed by atoms with E-state index in [1.165, 1.54) is 4.90 Å². The van der Waals surface area contributed by atoms with Crippen molar-refractivity contribution in [3.63, 3.8) is 0 Å². The molecule has 0 bridgehead atoms. The Morgan fingerprint density at radius 1 is 1.57 bits per heavy atom. The Morgan fingerprint density at radius 2 is 2.07 bits per heavy atom. The summed E-state index contributed by atoms with van der Waals surface area (Å²) in [6.45, 7) is 6.05. The number of nitrogens with two attached hydrogens (primary N) is 1. The lowest BCUT2D eigenvalue weighted by Gasteiger charge is -2.46. The minimum Gasteiger partial charge on any atom is -0.444 e. The third-order valence-electron chi connectivity index (χ3n) is 1.98. The lowest BCUT2D eigenvalue weighted by molar-refractivity contribution is -0.0195. The molecular formula is C9H18N2O3. The third kappa shape index (κ3) is 2.59. The maximum atomic E-state index is 11.4. The maximum absolute atomic E-state index is 11.4. The third-order valence-corrected chi connectivity index (χ3v) is 1.98. The molecule has 0 aromatic carbocycles. The van der Waals surface area contributed by atoms with Gasteiger partial charge in [-0.1, -0.05) is 0 Å². The summed E-state index contributed by atoms with van der Waals surface area (Å²) in [5.74, 6) is 0. The molecule has 0 unspecified atom stereocenters. The van der Waals surface area contributed by atoms with Crippen LogP contribution in [0.5, 0.6) is 0 Å². The van der Waals surface area contributed by atoms with Crippen LogP contribution in [0.1, 0.15) is 20.8 Å².